The van der Waals surface area contributed by atoms with Crippen LogP contribution in [0, 0.1) is 0 Å². The van der Waals surface area contributed by atoms with Gasteiger partial charge in [-0.2, -0.15) is 0 Å². The topological polar surface area (TPSA) is 56.8 Å². The number of benzene rings is 2. The zero-order valence-electron chi connectivity index (χ0n) is 14.8. The Bertz CT molecular complexity index is 867. The van der Waals surface area contributed by atoms with Crippen molar-refractivity contribution in [3.8, 4) is 17.2 Å². The molecule has 1 N–H and O–H groups in total. The lowest BCUT2D eigenvalue weighted by Gasteiger charge is -2.12. The summed E-state index contributed by atoms with van der Waals surface area (Å²) in [6, 6.07) is 15.1. The van der Waals surface area contributed by atoms with Gasteiger partial charge in [0.2, 0.25) is 0 Å². The molecule has 0 spiro atoms. The maximum Gasteiger partial charge on any atom is 0.263 e. The highest BCUT2D eigenvalue weighted by Crippen LogP contribution is 2.29. The van der Waals surface area contributed by atoms with Crippen LogP contribution < -0.4 is 19.5 Å². The van der Waals surface area contributed by atoms with Gasteiger partial charge in [0.15, 0.2) is 11.5 Å². The number of thioether (sulfide) groups is 1. The molecule has 7 heteroatoms. The zero-order chi connectivity index (χ0) is 19.1. The van der Waals surface area contributed by atoms with Crippen LogP contribution in [0.3, 0.4) is 0 Å². The van der Waals surface area contributed by atoms with Gasteiger partial charge in [-0.25, -0.2) is 0 Å². The van der Waals surface area contributed by atoms with Crippen LogP contribution in [-0.4, -0.2) is 30.6 Å². The van der Waals surface area contributed by atoms with Gasteiger partial charge in [0, 0.05) is 12.0 Å². The molecule has 0 aliphatic carbocycles. The van der Waals surface area contributed by atoms with Crippen LogP contribution in [0.2, 0.25) is 0 Å². The first-order valence-corrected chi connectivity index (χ1v) is 9.62. The van der Waals surface area contributed by atoms with Gasteiger partial charge in [0.1, 0.15) is 10.1 Å². The molecule has 1 fully saturated rings. The largest absolute Gasteiger partial charge is 0.493 e. The first kappa shape index (κ1) is 19.3. The van der Waals surface area contributed by atoms with Gasteiger partial charge < -0.3 is 19.5 Å². The van der Waals surface area contributed by atoms with Crippen LogP contribution in [0.1, 0.15) is 12.0 Å². The lowest BCUT2D eigenvalue weighted by molar-refractivity contribution is -0.115. The van der Waals surface area contributed by atoms with Crippen molar-refractivity contribution in [3.63, 3.8) is 0 Å². The standard InChI is InChI=1S/C20H19NO4S2/c1-23-16-9-4-5-10-17(16)25-12-6-11-24-15-8-3-2-7-14(15)13-18-19(22)21-20(26)27-18/h2-5,7-10,13H,6,11-12H2,1H3,(H,21,22,26)/b18-13-. The van der Waals surface area contributed by atoms with Crippen LogP contribution in [0.5, 0.6) is 17.2 Å². The van der Waals surface area contributed by atoms with E-state index in [9.17, 15) is 4.79 Å². The molecule has 27 heavy (non-hydrogen) atoms. The molecular weight excluding hydrogens is 382 g/mol. The Balaban J connectivity index is 1.54. The van der Waals surface area contributed by atoms with Crippen molar-refractivity contribution in [2.45, 2.75) is 6.42 Å². The number of nitrogens with one attached hydrogen (secondary N) is 1. The summed E-state index contributed by atoms with van der Waals surface area (Å²) in [5, 5.41) is 2.61. The Labute approximate surface area is 167 Å². The molecule has 2 aromatic rings. The van der Waals surface area contributed by atoms with Crippen molar-refractivity contribution in [2.24, 2.45) is 0 Å². The number of hydrogen-bond acceptors (Lipinski definition) is 6. The third kappa shape index (κ3) is 5.24. The Morgan fingerprint density at radius 1 is 1.00 bits per heavy atom. The molecule has 1 saturated heterocycles. The highest BCUT2D eigenvalue weighted by molar-refractivity contribution is 8.26. The Kier molecular flexibility index (Phi) is 6.73. The Morgan fingerprint density at radius 3 is 2.30 bits per heavy atom. The van der Waals surface area contributed by atoms with Crippen LogP contribution in [0.25, 0.3) is 6.08 Å². The van der Waals surface area contributed by atoms with E-state index in [1.54, 1.807) is 13.2 Å². The molecule has 140 valence electrons. The van der Waals surface area contributed by atoms with Gasteiger partial charge in [-0.1, -0.05) is 54.3 Å². The number of amides is 1. The fraction of sp³-hybridized carbons (Fsp3) is 0.200. The lowest BCUT2D eigenvalue weighted by atomic mass is 10.2. The summed E-state index contributed by atoms with van der Waals surface area (Å²) in [6.45, 7) is 1.00. The second-order valence-corrected chi connectivity index (χ2v) is 7.31. The normalized spacial score (nSPS) is 14.9. The monoisotopic (exact) mass is 401 g/mol. The number of rotatable bonds is 8. The minimum atomic E-state index is -0.176. The van der Waals surface area contributed by atoms with Crippen molar-refractivity contribution in [1.29, 1.82) is 0 Å². The molecule has 3 rings (SSSR count). The number of ether oxygens (including phenoxy) is 3. The molecule has 2 aromatic carbocycles. The Hall–Kier alpha value is -2.51. The summed E-state index contributed by atoms with van der Waals surface area (Å²) in [6.07, 6.45) is 2.50. The average Bonchev–Trinajstić information content (AvgIpc) is 3.00. The van der Waals surface area contributed by atoms with E-state index in [-0.39, 0.29) is 5.91 Å². The van der Waals surface area contributed by atoms with E-state index in [0.717, 1.165) is 5.56 Å². The molecule has 0 radical (unpaired) electrons. The maximum absolute atomic E-state index is 11.8. The van der Waals surface area contributed by atoms with E-state index in [1.807, 2.05) is 48.5 Å². The number of para-hydroxylation sites is 3. The minimum absolute atomic E-state index is 0.176. The second kappa shape index (κ2) is 9.43. The van der Waals surface area contributed by atoms with Crippen LogP contribution in [0.15, 0.2) is 53.4 Å². The summed E-state index contributed by atoms with van der Waals surface area (Å²) < 4.78 is 17.3. The van der Waals surface area contributed by atoms with Gasteiger partial charge in [0.25, 0.3) is 5.91 Å². The van der Waals surface area contributed by atoms with Crippen molar-refractivity contribution >= 4 is 40.3 Å². The average molecular weight is 402 g/mol. The first-order valence-electron chi connectivity index (χ1n) is 8.40. The smallest absolute Gasteiger partial charge is 0.263 e. The molecule has 1 amide bonds. The van der Waals surface area contributed by atoms with Gasteiger partial charge in [-0.3, -0.25) is 4.79 Å². The lowest BCUT2D eigenvalue weighted by Crippen LogP contribution is -2.17. The molecule has 0 bridgehead atoms. The summed E-state index contributed by atoms with van der Waals surface area (Å²) in [5.74, 6) is 1.96. The summed E-state index contributed by atoms with van der Waals surface area (Å²) >= 11 is 6.27. The quantitative estimate of drug-likeness (QED) is 0.409. The highest BCUT2D eigenvalue weighted by atomic mass is 32.2. The molecule has 1 aliphatic heterocycles. The number of methoxy groups -OCH3 is 1. The highest BCUT2D eigenvalue weighted by Gasteiger charge is 2.22. The third-order valence-corrected chi connectivity index (χ3v) is 4.88. The molecule has 0 aromatic heterocycles. The van der Waals surface area contributed by atoms with E-state index in [0.29, 0.717) is 46.1 Å². The number of thiocarbonyl (C=S) groups is 1. The third-order valence-electron chi connectivity index (χ3n) is 3.72. The van der Waals surface area contributed by atoms with E-state index in [4.69, 9.17) is 26.4 Å². The van der Waals surface area contributed by atoms with E-state index >= 15 is 0 Å². The molecule has 0 saturated carbocycles. The minimum Gasteiger partial charge on any atom is -0.493 e. The van der Waals surface area contributed by atoms with Gasteiger partial charge in [-0.15, -0.1) is 0 Å². The van der Waals surface area contributed by atoms with Crippen molar-refractivity contribution in [2.75, 3.05) is 20.3 Å². The van der Waals surface area contributed by atoms with Crippen molar-refractivity contribution in [3.05, 3.63) is 59.0 Å². The summed E-state index contributed by atoms with van der Waals surface area (Å²) in [4.78, 5) is 12.4. The second-order valence-electron chi connectivity index (χ2n) is 5.59. The zero-order valence-corrected chi connectivity index (χ0v) is 16.4. The predicted octanol–water partition coefficient (Wildman–Crippen LogP) is 4.03. The SMILES string of the molecule is COc1ccccc1OCCCOc1ccccc1/C=C1\SC(=S)NC1=O. The van der Waals surface area contributed by atoms with E-state index < -0.39 is 0 Å². The summed E-state index contributed by atoms with van der Waals surface area (Å²) in [5.41, 5.74) is 0.838. The van der Waals surface area contributed by atoms with Crippen LogP contribution in [-0.2, 0) is 4.79 Å². The van der Waals surface area contributed by atoms with Crippen molar-refractivity contribution in [1.82, 2.24) is 5.32 Å². The maximum atomic E-state index is 11.8. The van der Waals surface area contributed by atoms with Crippen LogP contribution >= 0.6 is 24.0 Å². The Morgan fingerprint density at radius 2 is 1.63 bits per heavy atom. The van der Waals surface area contributed by atoms with Crippen LogP contribution in [0.4, 0.5) is 0 Å². The molecule has 0 atom stereocenters. The fourth-order valence-corrected chi connectivity index (χ4v) is 3.49. The number of hydrogen-bond donors (Lipinski definition) is 1. The summed E-state index contributed by atoms with van der Waals surface area (Å²) in [7, 11) is 1.62. The fourth-order valence-electron chi connectivity index (χ4n) is 2.45. The molecule has 1 heterocycles. The molecular formula is C20H19NO4S2. The van der Waals surface area contributed by atoms with E-state index in [2.05, 4.69) is 5.32 Å². The van der Waals surface area contributed by atoms with E-state index in [1.165, 1.54) is 11.8 Å². The first-order chi connectivity index (χ1) is 13.2. The van der Waals surface area contributed by atoms with Gasteiger partial charge in [0.05, 0.1) is 25.2 Å². The number of carbonyl (C=O) groups is 1. The molecule has 1 aliphatic rings. The van der Waals surface area contributed by atoms with Gasteiger partial charge >= 0.3 is 0 Å². The van der Waals surface area contributed by atoms with Crippen molar-refractivity contribution < 1.29 is 19.0 Å². The molecule has 5 nitrogen and oxygen atoms in total. The predicted molar refractivity (Wildman–Crippen MR) is 111 cm³/mol. The van der Waals surface area contributed by atoms with Gasteiger partial charge in [-0.05, 0) is 24.3 Å². The number of carbonyl (C=O) groups excluding carboxylic acids is 1. The molecule has 0 unspecified atom stereocenters.